The molecule has 0 heterocycles. The molecule has 0 unspecified atom stereocenters. The van der Waals surface area contributed by atoms with E-state index >= 15 is 0 Å². The summed E-state index contributed by atoms with van der Waals surface area (Å²) >= 11 is 0. The summed E-state index contributed by atoms with van der Waals surface area (Å²) in [5.74, 6) is -0.867. The third-order valence-corrected chi connectivity index (χ3v) is 1.75. The molecule has 15 heavy (non-hydrogen) atoms. The lowest BCUT2D eigenvalue weighted by atomic mass is 10.1. The van der Waals surface area contributed by atoms with Crippen molar-refractivity contribution in [2.75, 3.05) is 0 Å². The second kappa shape index (κ2) is 9.25. The molecule has 0 aromatic heterocycles. The predicted molar refractivity (Wildman–Crippen MR) is 65.6 cm³/mol. The third-order valence-electron chi connectivity index (χ3n) is 1.75. The Morgan fingerprint density at radius 1 is 1.00 bits per heavy atom. The van der Waals surface area contributed by atoms with Gasteiger partial charge in [0.15, 0.2) is 0 Å². The zero-order valence-electron chi connectivity index (χ0n) is 10.6. The highest BCUT2D eigenvalue weighted by molar-refractivity contribution is 5.87. The molecular formula is C13H22O2. The van der Waals surface area contributed by atoms with Crippen LogP contribution in [0.15, 0.2) is 18.2 Å². The van der Waals surface area contributed by atoms with Crippen molar-refractivity contribution in [1.82, 2.24) is 0 Å². The summed E-state index contributed by atoms with van der Waals surface area (Å²) in [6, 6.07) is 5.11. The smallest absolute Gasteiger partial charge is 0.335 e. The Balaban J connectivity index is 0. The van der Waals surface area contributed by atoms with Crippen LogP contribution in [0.2, 0.25) is 0 Å². The van der Waals surface area contributed by atoms with Crippen LogP contribution in [-0.4, -0.2) is 11.1 Å². The number of carboxylic acids is 1. The van der Waals surface area contributed by atoms with Crippen LogP contribution < -0.4 is 0 Å². The number of aryl methyl sites for hydroxylation is 2. The summed E-state index contributed by atoms with van der Waals surface area (Å²) in [5, 5.41) is 8.60. The first kappa shape index (κ1) is 16.1. The molecule has 1 rings (SSSR count). The predicted octanol–water partition coefficient (Wildman–Crippen LogP) is 4.05. The first-order chi connectivity index (χ1) is 7.11. The van der Waals surface area contributed by atoms with Gasteiger partial charge in [0.1, 0.15) is 0 Å². The number of aromatic carboxylic acids is 1. The van der Waals surface area contributed by atoms with Gasteiger partial charge in [-0.3, -0.25) is 0 Å². The average molecular weight is 210 g/mol. The molecule has 86 valence electrons. The zero-order chi connectivity index (χ0) is 12.4. The fraction of sp³-hybridized carbons (Fsp3) is 0.462. The Hall–Kier alpha value is -1.31. The second-order valence-corrected chi connectivity index (χ2v) is 2.60. The van der Waals surface area contributed by atoms with Gasteiger partial charge >= 0.3 is 5.97 Å². The largest absolute Gasteiger partial charge is 0.478 e. The summed E-state index contributed by atoms with van der Waals surface area (Å²) in [6.07, 6.45) is 0. The van der Waals surface area contributed by atoms with Crippen molar-refractivity contribution in [3.63, 3.8) is 0 Å². The average Bonchev–Trinajstić information content (AvgIpc) is 2.27. The Morgan fingerprint density at radius 2 is 1.47 bits per heavy atom. The SMILES string of the molecule is CC.CC.Cc1ccc(C(=O)O)cc1C. The maximum Gasteiger partial charge on any atom is 0.335 e. The van der Waals surface area contributed by atoms with Crippen LogP contribution in [0.1, 0.15) is 49.2 Å². The van der Waals surface area contributed by atoms with Crippen LogP contribution >= 0.6 is 0 Å². The molecule has 0 spiro atoms. The van der Waals surface area contributed by atoms with E-state index in [-0.39, 0.29) is 0 Å². The van der Waals surface area contributed by atoms with Crippen LogP contribution in [0.25, 0.3) is 0 Å². The van der Waals surface area contributed by atoms with Gasteiger partial charge in [-0.1, -0.05) is 33.8 Å². The highest BCUT2D eigenvalue weighted by atomic mass is 16.4. The van der Waals surface area contributed by atoms with E-state index in [1.807, 2.05) is 47.6 Å². The van der Waals surface area contributed by atoms with E-state index in [1.54, 1.807) is 12.1 Å². The number of benzene rings is 1. The molecule has 0 saturated heterocycles. The van der Waals surface area contributed by atoms with Crippen LogP contribution in [0.3, 0.4) is 0 Å². The molecule has 0 atom stereocenters. The Morgan fingerprint density at radius 3 is 1.80 bits per heavy atom. The molecule has 0 radical (unpaired) electrons. The van der Waals surface area contributed by atoms with Crippen LogP contribution in [0, 0.1) is 13.8 Å². The lowest BCUT2D eigenvalue weighted by molar-refractivity contribution is 0.0697. The molecule has 2 heteroatoms. The van der Waals surface area contributed by atoms with Gasteiger partial charge in [0.05, 0.1) is 5.56 Å². The van der Waals surface area contributed by atoms with E-state index in [2.05, 4.69) is 0 Å². The maximum absolute atomic E-state index is 10.5. The molecule has 2 nitrogen and oxygen atoms in total. The summed E-state index contributed by atoms with van der Waals surface area (Å²) in [7, 11) is 0. The molecule has 0 amide bonds. The summed E-state index contributed by atoms with van der Waals surface area (Å²) < 4.78 is 0. The molecule has 0 aliphatic carbocycles. The standard InChI is InChI=1S/C9H10O2.2C2H6/c1-6-3-4-8(9(10)11)5-7(6)2;2*1-2/h3-5H,1-2H3,(H,10,11);2*1-2H3. The van der Waals surface area contributed by atoms with Crippen molar-refractivity contribution in [3.05, 3.63) is 34.9 Å². The molecule has 1 N–H and O–H groups in total. The Bertz CT molecular complexity index is 291. The van der Waals surface area contributed by atoms with Crippen LogP contribution in [-0.2, 0) is 0 Å². The minimum atomic E-state index is -0.867. The molecule has 1 aromatic carbocycles. The fourth-order valence-electron chi connectivity index (χ4n) is 0.874. The summed E-state index contributed by atoms with van der Waals surface area (Å²) in [5.41, 5.74) is 2.49. The van der Waals surface area contributed by atoms with Crippen molar-refractivity contribution < 1.29 is 9.90 Å². The van der Waals surface area contributed by atoms with Gasteiger partial charge in [-0.15, -0.1) is 0 Å². The van der Waals surface area contributed by atoms with Gasteiger partial charge < -0.3 is 5.11 Å². The van der Waals surface area contributed by atoms with Crippen molar-refractivity contribution in [2.45, 2.75) is 41.5 Å². The first-order valence-corrected chi connectivity index (χ1v) is 5.42. The Labute approximate surface area is 93.0 Å². The minimum Gasteiger partial charge on any atom is -0.478 e. The van der Waals surface area contributed by atoms with Gasteiger partial charge in [0, 0.05) is 0 Å². The van der Waals surface area contributed by atoms with Crippen LogP contribution in [0.5, 0.6) is 0 Å². The van der Waals surface area contributed by atoms with E-state index in [9.17, 15) is 4.79 Å². The number of carbonyl (C=O) groups is 1. The number of hydrogen-bond acceptors (Lipinski definition) is 1. The monoisotopic (exact) mass is 210 g/mol. The number of hydrogen-bond donors (Lipinski definition) is 1. The van der Waals surface area contributed by atoms with E-state index < -0.39 is 5.97 Å². The van der Waals surface area contributed by atoms with Crippen molar-refractivity contribution in [3.8, 4) is 0 Å². The molecule has 0 aliphatic heterocycles. The van der Waals surface area contributed by atoms with E-state index in [0.717, 1.165) is 11.1 Å². The second-order valence-electron chi connectivity index (χ2n) is 2.60. The van der Waals surface area contributed by atoms with Crippen molar-refractivity contribution in [1.29, 1.82) is 0 Å². The van der Waals surface area contributed by atoms with Gasteiger partial charge in [-0.05, 0) is 37.1 Å². The van der Waals surface area contributed by atoms with Gasteiger partial charge in [0.2, 0.25) is 0 Å². The molecular weight excluding hydrogens is 188 g/mol. The van der Waals surface area contributed by atoms with Crippen molar-refractivity contribution >= 4 is 5.97 Å². The highest BCUT2D eigenvalue weighted by Crippen LogP contribution is 2.09. The zero-order valence-corrected chi connectivity index (χ0v) is 10.6. The molecule has 0 saturated carbocycles. The van der Waals surface area contributed by atoms with Gasteiger partial charge in [0.25, 0.3) is 0 Å². The van der Waals surface area contributed by atoms with E-state index in [1.165, 1.54) is 0 Å². The summed E-state index contributed by atoms with van der Waals surface area (Å²) in [6.45, 7) is 11.9. The third kappa shape index (κ3) is 5.89. The van der Waals surface area contributed by atoms with Gasteiger partial charge in [-0.25, -0.2) is 4.79 Å². The van der Waals surface area contributed by atoms with E-state index in [0.29, 0.717) is 5.56 Å². The Kier molecular flexibility index (Phi) is 9.95. The molecule has 1 aromatic rings. The lowest BCUT2D eigenvalue weighted by Crippen LogP contribution is -1.96. The number of carboxylic acid groups (broad SMARTS) is 1. The molecule has 0 fully saturated rings. The lowest BCUT2D eigenvalue weighted by Gasteiger charge is -1.99. The summed E-state index contributed by atoms with van der Waals surface area (Å²) in [4.78, 5) is 10.5. The number of rotatable bonds is 1. The molecule has 0 bridgehead atoms. The normalized spacial score (nSPS) is 7.87. The highest BCUT2D eigenvalue weighted by Gasteiger charge is 2.02. The first-order valence-electron chi connectivity index (χ1n) is 5.42. The quantitative estimate of drug-likeness (QED) is 0.759. The maximum atomic E-state index is 10.5. The van der Waals surface area contributed by atoms with E-state index in [4.69, 9.17) is 5.11 Å². The van der Waals surface area contributed by atoms with Crippen molar-refractivity contribution in [2.24, 2.45) is 0 Å². The minimum absolute atomic E-state index is 0.355. The topological polar surface area (TPSA) is 37.3 Å². The molecule has 0 aliphatic rings. The van der Waals surface area contributed by atoms with Gasteiger partial charge in [-0.2, -0.15) is 0 Å². The fourth-order valence-corrected chi connectivity index (χ4v) is 0.874. The van der Waals surface area contributed by atoms with Crippen LogP contribution in [0.4, 0.5) is 0 Å².